The fourth-order valence-corrected chi connectivity index (χ4v) is 1.79. The second kappa shape index (κ2) is 6.65. The van der Waals surface area contributed by atoms with Gasteiger partial charge in [-0.05, 0) is 24.8 Å². The lowest BCUT2D eigenvalue weighted by Gasteiger charge is -2.09. The molecular formula is C13H22O2. The van der Waals surface area contributed by atoms with Crippen molar-refractivity contribution >= 4 is 5.97 Å². The second-order valence-electron chi connectivity index (χ2n) is 4.49. The molecule has 0 aliphatic carbocycles. The number of hydrogen-bond acceptors (Lipinski definition) is 2. The molecule has 0 aromatic heterocycles. The van der Waals surface area contributed by atoms with Crippen LogP contribution >= 0.6 is 0 Å². The molecule has 1 rings (SSSR count). The first-order chi connectivity index (χ1) is 7.22. The zero-order valence-electron chi connectivity index (χ0n) is 9.87. The molecule has 0 N–H and O–H groups in total. The van der Waals surface area contributed by atoms with Gasteiger partial charge in [-0.25, -0.2) is 4.79 Å². The van der Waals surface area contributed by atoms with E-state index in [-0.39, 0.29) is 12.1 Å². The maximum atomic E-state index is 10.8. The maximum absolute atomic E-state index is 10.8. The smallest absolute Gasteiger partial charge is 0.331 e. The van der Waals surface area contributed by atoms with Crippen LogP contribution in [0.25, 0.3) is 0 Å². The monoisotopic (exact) mass is 210 g/mol. The van der Waals surface area contributed by atoms with Gasteiger partial charge in [-0.15, -0.1) is 0 Å². The van der Waals surface area contributed by atoms with Crippen molar-refractivity contribution in [3.63, 3.8) is 0 Å². The largest absolute Gasteiger partial charge is 0.455 e. The van der Waals surface area contributed by atoms with Gasteiger partial charge < -0.3 is 4.74 Å². The van der Waals surface area contributed by atoms with Crippen molar-refractivity contribution in [2.45, 2.75) is 58.5 Å². The predicted octanol–water partition coefficient (Wildman–Crippen LogP) is 3.46. The highest BCUT2D eigenvalue weighted by molar-refractivity contribution is 5.84. The number of carbonyl (C=O) groups is 1. The summed E-state index contributed by atoms with van der Waals surface area (Å²) in [6.07, 6.45) is 10.8. The summed E-state index contributed by atoms with van der Waals surface area (Å²) in [7, 11) is 0. The van der Waals surface area contributed by atoms with E-state index in [1.807, 2.05) is 6.08 Å². The first-order valence-electron chi connectivity index (χ1n) is 6.11. The number of ether oxygens (including phenoxy) is 1. The van der Waals surface area contributed by atoms with Crippen LogP contribution in [0.1, 0.15) is 52.4 Å². The van der Waals surface area contributed by atoms with Gasteiger partial charge in [0.1, 0.15) is 6.10 Å². The molecule has 0 saturated heterocycles. The van der Waals surface area contributed by atoms with Crippen LogP contribution in [-0.2, 0) is 9.53 Å². The number of esters is 1. The molecule has 86 valence electrons. The van der Waals surface area contributed by atoms with Gasteiger partial charge in [0.2, 0.25) is 0 Å². The van der Waals surface area contributed by atoms with E-state index in [9.17, 15) is 4.79 Å². The molecule has 15 heavy (non-hydrogen) atoms. The number of cyclic esters (lactones) is 1. The Hall–Kier alpha value is -0.790. The van der Waals surface area contributed by atoms with Crippen molar-refractivity contribution in [3.8, 4) is 0 Å². The molecule has 0 bridgehead atoms. The van der Waals surface area contributed by atoms with Gasteiger partial charge in [0.25, 0.3) is 0 Å². The van der Waals surface area contributed by atoms with Gasteiger partial charge in [0.15, 0.2) is 0 Å². The van der Waals surface area contributed by atoms with Crippen molar-refractivity contribution in [2.75, 3.05) is 0 Å². The SMILES string of the molecule is CC[C@@H](C)CCCCC[C@H]1C=CC(=O)O1. The van der Waals surface area contributed by atoms with Gasteiger partial charge in [-0.2, -0.15) is 0 Å². The zero-order chi connectivity index (χ0) is 11.1. The first-order valence-corrected chi connectivity index (χ1v) is 6.11. The van der Waals surface area contributed by atoms with Crippen molar-refractivity contribution < 1.29 is 9.53 Å². The Morgan fingerprint density at radius 3 is 2.80 bits per heavy atom. The molecule has 1 aliphatic rings. The van der Waals surface area contributed by atoms with Crippen molar-refractivity contribution in [1.29, 1.82) is 0 Å². The molecule has 0 radical (unpaired) electrons. The standard InChI is InChI=1S/C13H22O2/c1-3-11(2)7-5-4-6-8-12-9-10-13(14)15-12/h9-12H,3-8H2,1-2H3/t11-,12+/m1/s1. The van der Waals surface area contributed by atoms with Crippen LogP contribution in [0, 0.1) is 5.92 Å². The summed E-state index contributed by atoms with van der Waals surface area (Å²) in [6.45, 7) is 4.55. The number of rotatable bonds is 7. The Morgan fingerprint density at radius 2 is 2.20 bits per heavy atom. The average Bonchev–Trinajstić information content (AvgIpc) is 2.63. The highest BCUT2D eigenvalue weighted by Gasteiger charge is 2.15. The van der Waals surface area contributed by atoms with Crippen LogP contribution < -0.4 is 0 Å². The Labute approximate surface area is 92.7 Å². The summed E-state index contributed by atoms with van der Waals surface area (Å²) in [5, 5.41) is 0. The van der Waals surface area contributed by atoms with E-state index < -0.39 is 0 Å². The van der Waals surface area contributed by atoms with E-state index >= 15 is 0 Å². The lowest BCUT2D eigenvalue weighted by molar-refractivity contribution is -0.138. The highest BCUT2D eigenvalue weighted by atomic mass is 16.5. The molecule has 1 heterocycles. The van der Waals surface area contributed by atoms with E-state index in [1.165, 1.54) is 38.2 Å². The quantitative estimate of drug-likeness (QED) is 0.475. The molecule has 0 amide bonds. The molecule has 0 aromatic rings. The summed E-state index contributed by atoms with van der Waals surface area (Å²) in [5.74, 6) is 0.675. The Bertz CT molecular complexity index is 221. The molecular weight excluding hydrogens is 188 g/mol. The Balaban J connectivity index is 1.93. The van der Waals surface area contributed by atoms with E-state index in [4.69, 9.17) is 4.74 Å². The van der Waals surface area contributed by atoms with Gasteiger partial charge >= 0.3 is 5.97 Å². The summed E-state index contributed by atoms with van der Waals surface area (Å²) >= 11 is 0. The van der Waals surface area contributed by atoms with E-state index in [2.05, 4.69) is 13.8 Å². The van der Waals surface area contributed by atoms with E-state index in [0.29, 0.717) is 0 Å². The maximum Gasteiger partial charge on any atom is 0.331 e. The van der Waals surface area contributed by atoms with Crippen molar-refractivity contribution in [1.82, 2.24) is 0 Å². The third-order valence-electron chi connectivity index (χ3n) is 3.10. The lowest BCUT2D eigenvalue weighted by Crippen LogP contribution is -2.07. The van der Waals surface area contributed by atoms with Crippen LogP contribution in [-0.4, -0.2) is 12.1 Å². The van der Waals surface area contributed by atoms with Crippen LogP contribution in [0.3, 0.4) is 0 Å². The summed E-state index contributed by atoms with van der Waals surface area (Å²) in [5.41, 5.74) is 0. The fourth-order valence-electron chi connectivity index (χ4n) is 1.79. The Kier molecular flexibility index (Phi) is 5.44. The van der Waals surface area contributed by atoms with E-state index in [1.54, 1.807) is 0 Å². The minimum atomic E-state index is -0.181. The van der Waals surface area contributed by atoms with Crippen LogP contribution in [0.2, 0.25) is 0 Å². The normalized spacial score (nSPS) is 21.7. The average molecular weight is 210 g/mol. The van der Waals surface area contributed by atoms with E-state index in [0.717, 1.165) is 12.3 Å². The van der Waals surface area contributed by atoms with Crippen LogP contribution in [0.5, 0.6) is 0 Å². The molecule has 1 aliphatic heterocycles. The highest BCUT2D eigenvalue weighted by Crippen LogP contribution is 2.16. The molecule has 2 atom stereocenters. The van der Waals surface area contributed by atoms with Gasteiger partial charge in [-0.1, -0.05) is 39.5 Å². The van der Waals surface area contributed by atoms with Crippen molar-refractivity contribution in [2.24, 2.45) is 5.92 Å². The lowest BCUT2D eigenvalue weighted by atomic mass is 10.00. The number of unbranched alkanes of at least 4 members (excludes halogenated alkanes) is 2. The molecule has 0 fully saturated rings. The zero-order valence-corrected chi connectivity index (χ0v) is 9.87. The van der Waals surface area contributed by atoms with Crippen LogP contribution in [0.4, 0.5) is 0 Å². The number of hydrogen-bond donors (Lipinski definition) is 0. The molecule has 2 nitrogen and oxygen atoms in total. The number of carbonyl (C=O) groups excluding carboxylic acids is 1. The first kappa shape index (κ1) is 12.3. The molecule has 0 saturated carbocycles. The van der Waals surface area contributed by atoms with Crippen LogP contribution in [0.15, 0.2) is 12.2 Å². The van der Waals surface area contributed by atoms with Gasteiger partial charge in [0.05, 0.1) is 0 Å². The molecule has 0 spiro atoms. The summed E-state index contributed by atoms with van der Waals surface area (Å²) < 4.78 is 5.06. The molecule has 0 aromatic carbocycles. The third kappa shape index (κ3) is 5.01. The molecule has 0 unspecified atom stereocenters. The van der Waals surface area contributed by atoms with Gasteiger partial charge in [0, 0.05) is 6.08 Å². The topological polar surface area (TPSA) is 26.3 Å². The summed E-state index contributed by atoms with van der Waals surface area (Å²) in [6, 6.07) is 0. The minimum absolute atomic E-state index is 0.0566. The second-order valence-corrected chi connectivity index (χ2v) is 4.49. The van der Waals surface area contributed by atoms with Gasteiger partial charge in [-0.3, -0.25) is 0 Å². The molecule has 2 heteroatoms. The third-order valence-corrected chi connectivity index (χ3v) is 3.10. The predicted molar refractivity (Wildman–Crippen MR) is 61.6 cm³/mol. The van der Waals surface area contributed by atoms with Crippen molar-refractivity contribution in [3.05, 3.63) is 12.2 Å². The summed E-state index contributed by atoms with van der Waals surface area (Å²) in [4.78, 5) is 10.8. The minimum Gasteiger partial charge on any atom is -0.455 e. The fraction of sp³-hybridized carbons (Fsp3) is 0.769. The Morgan fingerprint density at radius 1 is 1.40 bits per heavy atom.